The number of aryl methyl sites for hydroxylation is 1. The number of rotatable bonds is 10. The first-order chi connectivity index (χ1) is 14.7. The van der Waals surface area contributed by atoms with Gasteiger partial charge in [-0.3, -0.25) is 9.59 Å². The van der Waals surface area contributed by atoms with Crippen LogP contribution in [0.15, 0.2) is 42.5 Å². The molecule has 31 heavy (non-hydrogen) atoms. The third-order valence-electron chi connectivity index (χ3n) is 5.17. The molecule has 0 unspecified atom stereocenters. The fourth-order valence-electron chi connectivity index (χ4n) is 2.91. The highest BCUT2D eigenvalue weighted by Crippen LogP contribution is 2.21. The third kappa shape index (κ3) is 7.17. The predicted molar refractivity (Wildman–Crippen MR) is 123 cm³/mol. The number of carbonyl (C=O) groups excluding carboxylic acids is 2. The Kier molecular flexibility index (Phi) is 9.19. The van der Waals surface area contributed by atoms with E-state index in [0.29, 0.717) is 10.8 Å². The fourth-order valence-corrected chi connectivity index (χ4v) is 3.03. The second-order valence-corrected chi connectivity index (χ2v) is 7.97. The Morgan fingerprint density at radius 2 is 1.74 bits per heavy atom. The van der Waals surface area contributed by atoms with Crippen molar-refractivity contribution >= 4 is 23.4 Å². The van der Waals surface area contributed by atoms with Gasteiger partial charge in [-0.1, -0.05) is 30.7 Å². The summed E-state index contributed by atoms with van der Waals surface area (Å²) in [6, 6.07) is 12.0. The highest BCUT2D eigenvalue weighted by Gasteiger charge is 2.27. The van der Waals surface area contributed by atoms with Gasteiger partial charge in [-0.25, -0.2) is 0 Å². The van der Waals surface area contributed by atoms with Crippen LogP contribution in [-0.4, -0.2) is 42.5 Å². The molecule has 0 aliphatic carbocycles. The van der Waals surface area contributed by atoms with Crippen molar-refractivity contribution in [3.8, 4) is 11.5 Å². The monoisotopic (exact) mass is 446 g/mol. The van der Waals surface area contributed by atoms with E-state index in [1.807, 2.05) is 45.0 Å². The van der Waals surface area contributed by atoms with Crippen LogP contribution in [0.5, 0.6) is 11.5 Å². The van der Waals surface area contributed by atoms with Gasteiger partial charge in [0.1, 0.15) is 17.5 Å². The van der Waals surface area contributed by atoms with E-state index in [9.17, 15) is 9.59 Å². The molecule has 168 valence electrons. The second-order valence-electron chi connectivity index (χ2n) is 7.56. The topological polar surface area (TPSA) is 67.9 Å². The van der Waals surface area contributed by atoms with Gasteiger partial charge in [-0.2, -0.15) is 0 Å². The summed E-state index contributed by atoms with van der Waals surface area (Å²) < 4.78 is 10.9. The van der Waals surface area contributed by atoms with Gasteiger partial charge in [0.2, 0.25) is 5.91 Å². The standard InChI is InChI=1S/C24H31ClN2O4/c1-6-17(3)26-24(29)18(4)27(14-19-7-9-20(30-5)10-8-19)23(28)15-31-21-11-12-22(25)16(2)13-21/h7-13,17-18H,6,14-15H2,1-5H3,(H,26,29)/t17-,18+/m0/s1. The number of benzene rings is 2. The molecule has 0 aliphatic heterocycles. The number of carbonyl (C=O) groups is 2. The van der Waals surface area contributed by atoms with Gasteiger partial charge in [0, 0.05) is 17.6 Å². The number of hydrogen-bond donors (Lipinski definition) is 1. The summed E-state index contributed by atoms with van der Waals surface area (Å²) in [5.74, 6) is 0.802. The first-order valence-electron chi connectivity index (χ1n) is 10.4. The van der Waals surface area contributed by atoms with Crippen LogP contribution in [0.4, 0.5) is 0 Å². The van der Waals surface area contributed by atoms with Gasteiger partial charge >= 0.3 is 0 Å². The van der Waals surface area contributed by atoms with Crippen LogP contribution in [-0.2, 0) is 16.1 Å². The smallest absolute Gasteiger partial charge is 0.261 e. The molecular formula is C24H31ClN2O4. The summed E-state index contributed by atoms with van der Waals surface area (Å²) in [4.78, 5) is 27.3. The molecule has 6 nitrogen and oxygen atoms in total. The molecule has 0 saturated heterocycles. The molecule has 2 aromatic carbocycles. The molecule has 0 aliphatic rings. The van der Waals surface area contributed by atoms with E-state index in [0.717, 1.165) is 23.3 Å². The van der Waals surface area contributed by atoms with Gasteiger partial charge in [0.15, 0.2) is 6.61 Å². The number of halogens is 1. The van der Waals surface area contributed by atoms with E-state index in [2.05, 4.69) is 5.32 Å². The predicted octanol–water partition coefficient (Wildman–Crippen LogP) is 4.37. The molecule has 0 aromatic heterocycles. The lowest BCUT2D eigenvalue weighted by molar-refractivity contribution is -0.142. The summed E-state index contributed by atoms with van der Waals surface area (Å²) in [5, 5.41) is 3.58. The van der Waals surface area contributed by atoms with Gasteiger partial charge < -0.3 is 19.7 Å². The zero-order chi connectivity index (χ0) is 23.0. The first-order valence-corrected chi connectivity index (χ1v) is 10.7. The molecule has 1 N–H and O–H groups in total. The van der Waals surface area contributed by atoms with E-state index in [4.69, 9.17) is 21.1 Å². The number of amides is 2. The van der Waals surface area contributed by atoms with Crippen molar-refractivity contribution in [3.63, 3.8) is 0 Å². The Morgan fingerprint density at radius 1 is 1.10 bits per heavy atom. The summed E-state index contributed by atoms with van der Waals surface area (Å²) in [6.07, 6.45) is 0.809. The van der Waals surface area contributed by atoms with E-state index in [-0.39, 0.29) is 31.0 Å². The van der Waals surface area contributed by atoms with Crippen LogP contribution in [0.2, 0.25) is 5.02 Å². The average Bonchev–Trinajstić information content (AvgIpc) is 2.77. The van der Waals surface area contributed by atoms with Gasteiger partial charge in [-0.15, -0.1) is 0 Å². The molecule has 0 saturated carbocycles. The Hall–Kier alpha value is -2.73. The Bertz CT molecular complexity index is 886. The van der Waals surface area contributed by atoms with Crippen LogP contribution in [0, 0.1) is 6.92 Å². The van der Waals surface area contributed by atoms with Gasteiger partial charge in [0.05, 0.1) is 7.11 Å². The fraction of sp³-hybridized carbons (Fsp3) is 0.417. The minimum atomic E-state index is -0.654. The molecule has 2 rings (SSSR count). The van der Waals surface area contributed by atoms with Crippen molar-refractivity contribution in [1.29, 1.82) is 0 Å². The molecule has 0 radical (unpaired) electrons. The second kappa shape index (κ2) is 11.6. The maximum atomic E-state index is 13.1. The maximum Gasteiger partial charge on any atom is 0.261 e. The lowest BCUT2D eigenvalue weighted by Gasteiger charge is -2.29. The van der Waals surface area contributed by atoms with E-state index in [1.165, 1.54) is 4.90 Å². The summed E-state index contributed by atoms with van der Waals surface area (Å²) in [6.45, 7) is 7.63. The minimum absolute atomic E-state index is 0.0289. The van der Waals surface area contributed by atoms with Crippen molar-refractivity contribution in [3.05, 3.63) is 58.6 Å². The Balaban J connectivity index is 2.16. The molecule has 2 atom stereocenters. The van der Waals surface area contributed by atoms with Crippen molar-refractivity contribution in [2.45, 2.75) is 52.7 Å². The van der Waals surface area contributed by atoms with E-state index < -0.39 is 6.04 Å². The van der Waals surface area contributed by atoms with Crippen LogP contribution in [0.25, 0.3) is 0 Å². The molecular weight excluding hydrogens is 416 g/mol. The number of hydrogen-bond acceptors (Lipinski definition) is 4. The largest absolute Gasteiger partial charge is 0.497 e. The van der Waals surface area contributed by atoms with Crippen LogP contribution < -0.4 is 14.8 Å². The van der Waals surface area contributed by atoms with Crippen LogP contribution in [0.1, 0.15) is 38.3 Å². The number of nitrogens with one attached hydrogen (secondary N) is 1. The molecule has 0 bridgehead atoms. The zero-order valence-electron chi connectivity index (χ0n) is 18.8. The first kappa shape index (κ1) is 24.5. The lowest BCUT2D eigenvalue weighted by atomic mass is 10.1. The maximum absolute atomic E-state index is 13.1. The SMILES string of the molecule is CC[C@H](C)NC(=O)[C@@H](C)N(Cc1ccc(OC)cc1)C(=O)COc1ccc(Cl)c(C)c1. The molecule has 0 fully saturated rings. The Morgan fingerprint density at radius 3 is 2.32 bits per heavy atom. The molecule has 0 spiro atoms. The summed E-state index contributed by atoms with van der Waals surface area (Å²) in [5.41, 5.74) is 1.75. The van der Waals surface area contributed by atoms with Crippen molar-refractivity contribution in [2.75, 3.05) is 13.7 Å². The third-order valence-corrected chi connectivity index (χ3v) is 5.60. The van der Waals surface area contributed by atoms with Gasteiger partial charge in [0.25, 0.3) is 5.91 Å². The quantitative estimate of drug-likeness (QED) is 0.588. The highest BCUT2D eigenvalue weighted by molar-refractivity contribution is 6.31. The summed E-state index contributed by atoms with van der Waals surface area (Å²) in [7, 11) is 1.60. The number of ether oxygens (including phenoxy) is 2. The van der Waals surface area contributed by atoms with Crippen LogP contribution in [0.3, 0.4) is 0 Å². The van der Waals surface area contributed by atoms with Crippen molar-refractivity contribution in [1.82, 2.24) is 10.2 Å². The lowest BCUT2D eigenvalue weighted by Crippen LogP contribution is -2.50. The zero-order valence-corrected chi connectivity index (χ0v) is 19.5. The van der Waals surface area contributed by atoms with Gasteiger partial charge in [-0.05, 0) is 68.7 Å². The molecule has 7 heteroatoms. The molecule has 2 aromatic rings. The molecule has 2 amide bonds. The van der Waals surface area contributed by atoms with Crippen LogP contribution >= 0.6 is 11.6 Å². The Labute approximate surface area is 189 Å². The normalized spacial score (nSPS) is 12.6. The average molecular weight is 447 g/mol. The summed E-state index contributed by atoms with van der Waals surface area (Å²) >= 11 is 6.05. The highest BCUT2D eigenvalue weighted by atomic mass is 35.5. The minimum Gasteiger partial charge on any atom is -0.497 e. The van der Waals surface area contributed by atoms with E-state index in [1.54, 1.807) is 32.2 Å². The van der Waals surface area contributed by atoms with Crippen molar-refractivity contribution in [2.24, 2.45) is 0 Å². The number of methoxy groups -OCH3 is 1. The van der Waals surface area contributed by atoms with Crippen molar-refractivity contribution < 1.29 is 19.1 Å². The number of nitrogens with zero attached hydrogens (tertiary/aromatic N) is 1. The molecule has 0 heterocycles. The van der Waals surface area contributed by atoms with E-state index >= 15 is 0 Å².